The van der Waals surface area contributed by atoms with E-state index in [-0.39, 0.29) is 5.91 Å². The van der Waals surface area contributed by atoms with Crippen LogP contribution in [-0.4, -0.2) is 20.9 Å². The highest BCUT2D eigenvalue weighted by molar-refractivity contribution is 5.99. The van der Waals surface area contributed by atoms with Gasteiger partial charge < -0.3 is 10.6 Å². The molecule has 0 aliphatic carbocycles. The second-order valence-electron chi connectivity index (χ2n) is 7.77. The summed E-state index contributed by atoms with van der Waals surface area (Å²) in [6, 6.07) is 21.6. The predicted octanol–water partition coefficient (Wildman–Crippen LogP) is 5.34. The van der Waals surface area contributed by atoms with E-state index < -0.39 is 0 Å². The van der Waals surface area contributed by atoms with Gasteiger partial charge in [-0.05, 0) is 35.2 Å². The number of hydrogen-bond donors (Lipinski definition) is 2. The summed E-state index contributed by atoms with van der Waals surface area (Å²) >= 11 is 0. The largest absolute Gasteiger partial charge is 0.348 e. The first kappa shape index (κ1) is 21.2. The highest BCUT2D eigenvalue weighted by atomic mass is 16.1. The molecule has 6 heteroatoms. The Morgan fingerprint density at radius 1 is 0.938 bits per heavy atom. The molecule has 0 aliphatic rings. The van der Waals surface area contributed by atoms with Gasteiger partial charge in [0.15, 0.2) is 5.82 Å². The van der Waals surface area contributed by atoms with Crippen LogP contribution in [0.5, 0.6) is 0 Å². The number of hydrogen-bond acceptors (Lipinski definition) is 5. The molecular formula is C26H25N5O. The van der Waals surface area contributed by atoms with E-state index in [2.05, 4.69) is 51.6 Å². The molecule has 0 atom stereocenters. The number of aromatic nitrogens is 3. The van der Waals surface area contributed by atoms with Gasteiger partial charge in [0.05, 0.1) is 0 Å². The molecule has 1 amide bonds. The zero-order chi connectivity index (χ0) is 22.3. The molecule has 0 saturated carbocycles. The lowest BCUT2D eigenvalue weighted by molar-refractivity contribution is 0.0951. The fourth-order valence-electron chi connectivity index (χ4n) is 3.24. The van der Waals surface area contributed by atoms with E-state index >= 15 is 0 Å². The van der Waals surface area contributed by atoms with Crippen LogP contribution in [0.1, 0.15) is 41.3 Å². The minimum atomic E-state index is -0.255. The first-order valence-corrected chi connectivity index (χ1v) is 10.6. The summed E-state index contributed by atoms with van der Waals surface area (Å²) in [5.41, 5.74) is 4.28. The van der Waals surface area contributed by atoms with Crippen molar-refractivity contribution in [1.82, 2.24) is 20.3 Å². The SMILES string of the molecule is CC(C)c1ccc(Nc2nc(-c3ccccc3)ncc2C(=O)NCc2cccnc2)cc1. The Morgan fingerprint density at radius 3 is 2.41 bits per heavy atom. The van der Waals surface area contributed by atoms with Crippen LogP contribution in [0.2, 0.25) is 0 Å². The van der Waals surface area contributed by atoms with Gasteiger partial charge in [-0.3, -0.25) is 9.78 Å². The Hall–Kier alpha value is -4.06. The average Bonchev–Trinajstić information content (AvgIpc) is 2.84. The quantitative estimate of drug-likeness (QED) is 0.420. The lowest BCUT2D eigenvalue weighted by atomic mass is 10.0. The van der Waals surface area contributed by atoms with E-state index in [0.29, 0.717) is 29.7 Å². The molecule has 4 aromatic rings. The van der Waals surface area contributed by atoms with E-state index in [0.717, 1.165) is 16.8 Å². The number of carbonyl (C=O) groups is 1. The highest BCUT2D eigenvalue weighted by Crippen LogP contribution is 2.24. The van der Waals surface area contributed by atoms with Crippen LogP contribution in [0.3, 0.4) is 0 Å². The third-order valence-corrected chi connectivity index (χ3v) is 5.08. The molecular weight excluding hydrogens is 398 g/mol. The molecule has 2 N–H and O–H groups in total. The lowest BCUT2D eigenvalue weighted by Gasteiger charge is -2.14. The second kappa shape index (κ2) is 9.83. The molecule has 0 unspecified atom stereocenters. The van der Waals surface area contributed by atoms with Crippen LogP contribution in [0.25, 0.3) is 11.4 Å². The third kappa shape index (κ3) is 5.16. The van der Waals surface area contributed by atoms with E-state index in [1.165, 1.54) is 5.56 Å². The minimum absolute atomic E-state index is 0.255. The summed E-state index contributed by atoms with van der Waals surface area (Å²) in [5, 5.41) is 6.23. The van der Waals surface area contributed by atoms with Crippen molar-refractivity contribution in [1.29, 1.82) is 0 Å². The van der Waals surface area contributed by atoms with Gasteiger partial charge in [0.25, 0.3) is 5.91 Å². The Bertz CT molecular complexity index is 1180. The molecule has 0 aliphatic heterocycles. The number of nitrogens with one attached hydrogen (secondary N) is 2. The Labute approximate surface area is 187 Å². The molecule has 0 saturated heterocycles. The van der Waals surface area contributed by atoms with Crippen molar-refractivity contribution in [3.63, 3.8) is 0 Å². The number of nitrogens with zero attached hydrogens (tertiary/aromatic N) is 3. The van der Waals surface area contributed by atoms with Gasteiger partial charge in [0.2, 0.25) is 0 Å². The third-order valence-electron chi connectivity index (χ3n) is 5.08. The summed E-state index contributed by atoms with van der Waals surface area (Å²) in [6.07, 6.45) is 5.00. The molecule has 0 bridgehead atoms. The molecule has 2 aromatic carbocycles. The van der Waals surface area contributed by atoms with Crippen molar-refractivity contribution >= 4 is 17.4 Å². The van der Waals surface area contributed by atoms with Gasteiger partial charge in [0, 0.05) is 36.4 Å². The van der Waals surface area contributed by atoms with Gasteiger partial charge >= 0.3 is 0 Å². The topological polar surface area (TPSA) is 79.8 Å². The first-order valence-electron chi connectivity index (χ1n) is 10.6. The predicted molar refractivity (Wildman–Crippen MR) is 127 cm³/mol. The normalized spacial score (nSPS) is 10.7. The van der Waals surface area contributed by atoms with Gasteiger partial charge in [-0.2, -0.15) is 0 Å². The van der Waals surface area contributed by atoms with Crippen molar-refractivity contribution in [3.05, 3.63) is 102 Å². The maximum absolute atomic E-state index is 13.0. The van der Waals surface area contributed by atoms with Crippen LogP contribution in [-0.2, 0) is 6.54 Å². The lowest BCUT2D eigenvalue weighted by Crippen LogP contribution is -2.24. The molecule has 0 radical (unpaired) electrons. The standard InChI is InChI=1S/C26H25N5O/c1-18(2)20-10-12-22(13-11-20)30-25-23(26(32)29-16-19-7-6-14-27-15-19)17-28-24(31-25)21-8-4-3-5-9-21/h3-15,17-18H,16H2,1-2H3,(H,29,32)(H,28,30,31). The number of benzene rings is 2. The fourth-order valence-corrected chi connectivity index (χ4v) is 3.24. The average molecular weight is 424 g/mol. The van der Waals surface area contributed by atoms with Crippen molar-refractivity contribution in [2.75, 3.05) is 5.32 Å². The smallest absolute Gasteiger partial charge is 0.256 e. The number of pyridine rings is 1. The van der Waals surface area contributed by atoms with Crippen molar-refractivity contribution in [2.24, 2.45) is 0 Å². The Balaban J connectivity index is 1.63. The summed E-state index contributed by atoms with van der Waals surface area (Å²) in [5.74, 6) is 1.20. The second-order valence-corrected chi connectivity index (χ2v) is 7.77. The number of carbonyl (C=O) groups excluding carboxylic acids is 1. The van der Waals surface area contributed by atoms with E-state index in [1.807, 2.05) is 54.6 Å². The van der Waals surface area contributed by atoms with E-state index in [1.54, 1.807) is 18.6 Å². The minimum Gasteiger partial charge on any atom is -0.348 e. The van der Waals surface area contributed by atoms with Crippen LogP contribution in [0, 0.1) is 0 Å². The van der Waals surface area contributed by atoms with Gasteiger partial charge in [0.1, 0.15) is 11.4 Å². The molecule has 6 nitrogen and oxygen atoms in total. The van der Waals surface area contributed by atoms with E-state index in [9.17, 15) is 4.79 Å². The zero-order valence-electron chi connectivity index (χ0n) is 18.1. The zero-order valence-corrected chi connectivity index (χ0v) is 18.1. The monoisotopic (exact) mass is 423 g/mol. The summed E-state index contributed by atoms with van der Waals surface area (Å²) < 4.78 is 0. The number of amides is 1. The van der Waals surface area contributed by atoms with Crippen molar-refractivity contribution in [2.45, 2.75) is 26.3 Å². The molecule has 160 valence electrons. The summed E-state index contributed by atoms with van der Waals surface area (Å²) in [7, 11) is 0. The van der Waals surface area contributed by atoms with Crippen LogP contribution < -0.4 is 10.6 Å². The molecule has 32 heavy (non-hydrogen) atoms. The van der Waals surface area contributed by atoms with Gasteiger partial charge in [-0.1, -0.05) is 62.4 Å². The van der Waals surface area contributed by atoms with E-state index in [4.69, 9.17) is 0 Å². The molecule has 0 spiro atoms. The molecule has 2 aromatic heterocycles. The summed E-state index contributed by atoms with van der Waals surface area (Å²) in [4.78, 5) is 26.2. The maximum Gasteiger partial charge on any atom is 0.256 e. The number of anilines is 2. The van der Waals surface area contributed by atoms with Crippen molar-refractivity contribution in [3.8, 4) is 11.4 Å². The molecule has 0 fully saturated rings. The van der Waals surface area contributed by atoms with Crippen LogP contribution in [0.4, 0.5) is 11.5 Å². The Morgan fingerprint density at radius 2 is 1.72 bits per heavy atom. The first-order chi connectivity index (χ1) is 15.6. The van der Waals surface area contributed by atoms with Crippen molar-refractivity contribution < 1.29 is 4.79 Å². The summed E-state index contributed by atoms with van der Waals surface area (Å²) in [6.45, 7) is 4.68. The van der Waals surface area contributed by atoms with Crippen LogP contribution in [0.15, 0.2) is 85.3 Å². The van der Waals surface area contributed by atoms with Gasteiger partial charge in [-0.25, -0.2) is 9.97 Å². The van der Waals surface area contributed by atoms with Gasteiger partial charge in [-0.15, -0.1) is 0 Å². The highest BCUT2D eigenvalue weighted by Gasteiger charge is 2.16. The maximum atomic E-state index is 13.0. The molecule has 4 rings (SSSR count). The molecule has 2 heterocycles. The van der Waals surface area contributed by atoms with Crippen LogP contribution >= 0.6 is 0 Å². The number of rotatable bonds is 7. The Kier molecular flexibility index (Phi) is 6.51. The fraction of sp³-hybridized carbons (Fsp3) is 0.154.